The Morgan fingerprint density at radius 1 is 1.32 bits per heavy atom. The Kier molecular flexibility index (Phi) is 7.07. The molecular weight excluding hydrogens is 440 g/mol. The minimum Gasteiger partial charge on any atom is -0.391 e. The molecule has 2 fully saturated rings. The molecule has 0 amide bonds. The van der Waals surface area contributed by atoms with Crippen LogP contribution < -0.4 is 15.4 Å². The second kappa shape index (κ2) is 9.78. The minimum absolute atomic E-state index is 0.277. The van der Waals surface area contributed by atoms with Crippen molar-refractivity contribution in [2.45, 2.75) is 45.4 Å². The Morgan fingerprint density at radius 2 is 2.06 bits per heavy atom. The molecule has 1 aliphatic heterocycles. The van der Waals surface area contributed by atoms with Crippen molar-refractivity contribution < 1.29 is 9.32 Å². The van der Waals surface area contributed by atoms with E-state index < -0.39 is 17.3 Å². The summed E-state index contributed by atoms with van der Waals surface area (Å²) in [4.78, 5) is 8.80. The third kappa shape index (κ3) is 5.53. The molecule has 1 aliphatic carbocycles. The molecule has 31 heavy (non-hydrogen) atoms. The highest BCUT2D eigenvalue weighted by Gasteiger charge is 2.42. The van der Waals surface area contributed by atoms with Crippen LogP contribution in [0, 0.1) is 11.8 Å². The first-order valence-corrected chi connectivity index (χ1v) is 12.1. The predicted octanol–water partition coefficient (Wildman–Crippen LogP) is 1.76. The van der Waals surface area contributed by atoms with Crippen molar-refractivity contribution in [2.24, 2.45) is 11.8 Å². The van der Waals surface area contributed by atoms with Crippen molar-refractivity contribution in [3.63, 3.8) is 0 Å². The molecule has 1 saturated carbocycles. The maximum absolute atomic E-state index is 12.2. The van der Waals surface area contributed by atoms with Gasteiger partial charge in [0.1, 0.15) is 5.02 Å². The summed E-state index contributed by atoms with van der Waals surface area (Å²) in [6.45, 7) is 6.49. The van der Waals surface area contributed by atoms with Crippen LogP contribution in [0.25, 0.3) is 0 Å². The summed E-state index contributed by atoms with van der Waals surface area (Å²) in [5, 5.41) is 20.8. The van der Waals surface area contributed by atoms with Crippen LogP contribution in [0.3, 0.4) is 0 Å². The molecule has 4 rings (SSSR count). The first kappa shape index (κ1) is 22.4. The molecule has 2 aromatic heterocycles. The maximum Gasteiger partial charge on any atom is 0.229 e. The molecule has 0 bridgehead atoms. The normalized spacial score (nSPS) is 25.4. The molecule has 0 radical (unpaired) electrons. The van der Waals surface area contributed by atoms with E-state index in [4.69, 9.17) is 11.6 Å². The number of fused-ring (bicyclic) bond motifs is 1. The number of aliphatic hydroxyl groups is 1. The van der Waals surface area contributed by atoms with E-state index in [9.17, 15) is 9.32 Å². The van der Waals surface area contributed by atoms with E-state index in [1.807, 2.05) is 11.2 Å². The van der Waals surface area contributed by atoms with E-state index >= 15 is 0 Å². The summed E-state index contributed by atoms with van der Waals surface area (Å²) in [6.07, 6.45) is 6.56. The van der Waals surface area contributed by atoms with Crippen LogP contribution in [0.2, 0.25) is 5.02 Å². The number of aliphatic hydroxyl groups excluding tert-OH is 1. The van der Waals surface area contributed by atoms with Gasteiger partial charge in [-0.15, -0.1) is 0 Å². The van der Waals surface area contributed by atoms with Crippen molar-refractivity contribution >= 4 is 40.2 Å². The lowest BCUT2D eigenvalue weighted by Crippen LogP contribution is -2.34. The summed E-state index contributed by atoms with van der Waals surface area (Å²) >= 11 is 5.25. The summed E-state index contributed by atoms with van der Waals surface area (Å²) in [5.74, 6) is 2.08. The van der Waals surface area contributed by atoms with E-state index in [0.717, 1.165) is 31.6 Å². The summed E-state index contributed by atoms with van der Waals surface area (Å²) < 4.78 is 18.9. The number of aromatic nitrogens is 4. The Morgan fingerprint density at radius 3 is 2.74 bits per heavy atom. The molecule has 4 unspecified atom stereocenters. The number of anilines is 3. The van der Waals surface area contributed by atoms with E-state index in [1.165, 1.54) is 0 Å². The van der Waals surface area contributed by atoms with Gasteiger partial charge in [-0.25, -0.2) is 18.2 Å². The van der Waals surface area contributed by atoms with Crippen LogP contribution >= 0.6 is 11.6 Å². The molecule has 10 nitrogen and oxygen atoms in total. The van der Waals surface area contributed by atoms with Gasteiger partial charge in [-0.3, -0.25) is 4.68 Å². The second-order valence-corrected chi connectivity index (χ2v) is 9.95. The van der Waals surface area contributed by atoms with Gasteiger partial charge in [0.25, 0.3) is 0 Å². The number of hydrogen-bond donors (Lipinski definition) is 4. The molecular formula is C19H29ClN8O2S. The van der Waals surface area contributed by atoms with Crippen molar-refractivity contribution in [3.05, 3.63) is 23.6 Å². The predicted molar refractivity (Wildman–Crippen MR) is 121 cm³/mol. The molecule has 12 heteroatoms. The fraction of sp³-hybridized carbons (Fsp3) is 0.632. The van der Waals surface area contributed by atoms with Gasteiger partial charge in [-0.1, -0.05) is 18.5 Å². The van der Waals surface area contributed by atoms with E-state index in [1.54, 1.807) is 30.2 Å². The summed E-state index contributed by atoms with van der Waals surface area (Å²) in [5.41, 5.74) is 0.734. The van der Waals surface area contributed by atoms with E-state index in [2.05, 4.69) is 30.4 Å². The van der Waals surface area contributed by atoms with Gasteiger partial charge in [0.05, 0.1) is 30.7 Å². The van der Waals surface area contributed by atoms with Crippen LogP contribution in [-0.2, 0) is 17.7 Å². The molecule has 170 valence electrons. The van der Waals surface area contributed by atoms with Gasteiger partial charge < -0.3 is 15.7 Å². The first-order valence-electron chi connectivity index (χ1n) is 10.6. The van der Waals surface area contributed by atoms with Crippen molar-refractivity contribution in [2.75, 3.05) is 30.3 Å². The number of rotatable bonds is 9. The van der Waals surface area contributed by atoms with Gasteiger partial charge in [-0.05, 0) is 31.6 Å². The van der Waals surface area contributed by atoms with Crippen LogP contribution in [0.5, 0.6) is 0 Å². The standard InChI is InChI=1S/C19H29ClN8O2S/c1-3-23-31(30)28-9-13-4-15(5-14(13)10-28)24-18-17(20)7-21-19(26-18)25-16-6-22-27(11-16)8-12(2)29/h6-7,11-15,23,29H,3-5,8-10H2,1-2H3,(H2,21,24,25,26). The van der Waals surface area contributed by atoms with Gasteiger partial charge in [0, 0.05) is 31.9 Å². The Balaban J connectivity index is 1.35. The molecule has 0 aromatic carbocycles. The SMILES string of the molecule is CCNS(=O)N1CC2CC(Nc3nc(Nc4cnn(CC(C)O)c4)ncc3Cl)CC2C1. The highest BCUT2D eigenvalue weighted by Crippen LogP contribution is 2.40. The molecule has 0 spiro atoms. The topological polar surface area (TPSA) is 120 Å². The number of nitrogens with zero attached hydrogens (tertiary/aromatic N) is 5. The smallest absolute Gasteiger partial charge is 0.229 e. The number of nitrogens with one attached hydrogen (secondary N) is 3. The van der Waals surface area contributed by atoms with Gasteiger partial charge in [0.15, 0.2) is 17.0 Å². The minimum atomic E-state index is -1.09. The van der Waals surface area contributed by atoms with Crippen LogP contribution in [0.15, 0.2) is 18.6 Å². The van der Waals surface area contributed by atoms with Gasteiger partial charge in [-0.2, -0.15) is 10.1 Å². The van der Waals surface area contributed by atoms with E-state index in [-0.39, 0.29) is 6.04 Å². The first-order chi connectivity index (χ1) is 14.9. The zero-order valence-electron chi connectivity index (χ0n) is 17.7. The molecule has 2 aliphatic rings. The highest BCUT2D eigenvalue weighted by atomic mass is 35.5. The second-order valence-electron chi connectivity index (χ2n) is 8.24. The lowest BCUT2D eigenvalue weighted by Gasteiger charge is -2.19. The maximum atomic E-state index is 12.2. The van der Waals surface area contributed by atoms with Crippen LogP contribution in [0.4, 0.5) is 17.5 Å². The third-order valence-corrected chi connectivity index (χ3v) is 7.22. The molecule has 1 saturated heterocycles. The molecule has 2 aromatic rings. The lowest BCUT2D eigenvalue weighted by molar-refractivity contribution is 0.168. The van der Waals surface area contributed by atoms with Crippen LogP contribution in [-0.4, -0.2) is 65.1 Å². The van der Waals surface area contributed by atoms with Gasteiger partial charge in [0.2, 0.25) is 5.95 Å². The van der Waals surface area contributed by atoms with Crippen LogP contribution in [0.1, 0.15) is 26.7 Å². The van der Waals surface area contributed by atoms with Crippen molar-refractivity contribution in [1.29, 1.82) is 0 Å². The average molecular weight is 469 g/mol. The van der Waals surface area contributed by atoms with Gasteiger partial charge >= 0.3 is 0 Å². The zero-order valence-corrected chi connectivity index (χ0v) is 19.2. The third-order valence-electron chi connectivity index (χ3n) is 5.65. The number of hydrogen-bond acceptors (Lipinski definition) is 7. The summed E-state index contributed by atoms with van der Waals surface area (Å²) in [7, 11) is 0. The monoisotopic (exact) mass is 468 g/mol. The largest absolute Gasteiger partial charge is 0.391 e. The molecule has 4 atom stereocenters. The fourth-order valence-electron chi connectivity index (χ4n) is 4.37. The van der Waals surface area contributed by atoms with Crippen molar-refractivity contribution in [1.82, 2.24) is 28.8 Å². The molecule has 3 heterocycles. The fourth-order valence-corrected chi connectivity index (χ4v) is 5.60. The Labute approximate surface area is 189 Å². The Bertz CT molecular complexity index is 912. The number of halogens is 1. The average Bonchev–Trinajstić information content (AvgIpc) is 3.39. The zero-order chi connectivity index (χ0) is 22.0. The summed E-state index contributed by atoms with van der Waals surface area (Å²) in [6, 6.07) is 0.277. The van der Waals surface area contributed by atoms with Crippen molar-refractivity contribution in [3.8, 4) is 0 Å². The Hall–Kier alpha value is -1.79. The lowest BCUT2D eigenvalue weighted by atomic mass is 10.0. The molecule has 4 N–H and O–H groups in total. The van der Waals surface area contributed by atoms with E-state index in [0.29, 0.717) is 41.7 Å². The highest BCUT2D eigenvalue weighted by molar-refractivity contribution is 7.80. The quantitative estimate of drug-likeness (QED) is 0.442.